The van der Waals surface area contributed by atoms with Gasteiger partial charge in [-0.05, 0) is 44.0 Å². The average molecular weight is 248 g/mol. The van der Waals surface area contributed by atoms with Gasteiger partial charge in [-0.3, -0.25) is 0 Å². The van der Waals surface area contributed by atoms with Crippen LogP contribution in [0.2, 0.25) is 0 Å². The molecule has 18 heavy (non-hydrogen) atoms. The van der Waals surface area contributed by atoms with E-state index in [1.165, 1.54) is 18.4 Å². The first-order valence-electron chi connectivity index (χ1n) is 6.83. The van der Waals surface area contributed by atoms with E-state index in [4.69, 9.17) is 4.74 Å². The second kappa shape index (κ2) is 6.76. The molecule has 2 rings (SSSR count). The number of hydrogen-bond donors (Lipinski definition) is 1. The van der Waals surface area contributed by atoms with Gasteiger partial charge >= 0.3 is 0 Å². The van der Waals surface area contributed by atoms with Crippen molar-refractivity contribution in [1.82, 2.24) is 10.2 Å². The fourth-order valence-corrected chi connectivity index (χ4v) is 2.01. The van der Waals surface area contributed by atoms with Crippen molar-refractivity contribution in [2.24, 2.45) is 0 Å². The fourth-order valence-electron chi connectivity index (χ4n) is 2.01. The second-order valence-electron chi connectivity index (χ2n) is 5.13. The SMILES string of the molecule is COc1cccc(CCN(C)CCNC2CC2)c1. The number of hydrogen-bond acceptors (Lipinski definition) is 3. The predicted molar refractivity (Wildman–Crippen MR) is 75.2 cm³/mol. The summed E-state index contributed by atoms with van der Waals surface area (Å²) in [6, 6.07) is 9.15. The molecular weight excluding hydrogens is 224 g/mol. The Morgan fingerprint density at radius 2 is 2.17 bits per heavy atom. The summed E-state index contributed by atoms with van der Waals surface area (Å²) in [5, 5.41) is 3.54. The van der Waals surface area contributed by atoms with Crippen LogP contribution in [0.4, 0.5) is 0 Å². The average Bonchev–Trinajstić information content (AvgIpc) is 3.21. The molecule has 0 radical (unpaired) electrons. The van der Waals surface area contributed by atoms with E-state index in [0.717, 1.165) is 37.8 Å². The summed E-state index contributed by atoms with van der Waals surface area (Å²) in [4.78, 5) is 2.38. The molecule has 1 fully saturated rings. The van der Waals surface area contributed by atoms with Crippen molar-refractivity contribution in [2.45, 2.75) is 25.3 Å². The molecular formula is C15H24N2O. The molecule has 0 unspecified atom stereocenters. The van der Waals surface area contributed by atoms with Crippen molar-refractivity contribution in [3.8, 4) is 5.75 Å². The lowest BCUT2D eigenvalue weighted by molar-refractivity contribution is 0.335. The van der Waals surface area contributed by atoms with E-state index in [2.05, 4.69) is 35.5 Å². The van der Waals surface area contributed by atoms with E-state index in [9.17, 15) is 0 Å². The van der Waals surface area contributed by atoms with Crippen LogP contribution in [0.25, 0.3) is 0 Å². The molecule has 0 heterocycles. The molecule has 0 spiro atoms. The summed E-state index contributed by atoms with van der Waals surface area (Å²) >= 11 is 0. The van der Waals surface area contributed by atoms with Crippen LogP contribution in [0.5, 0.6) is 5.75 Å². The van der Waals surface area contributed by atoms with Gasteiger partial charge in [-0.1, -0.05) is 12.1 Å². The zero-order chi connectivity index (χ0) is 12.8. The Kier molecular flexibility index (Phi) is 5.02. The smallest absolute Gasteiger partial charge is 0.119 e. The Morgan fingerprint density at radius 1 is 1.33 bits per heavy atom. The molecule has 0 saturated heterocycles. The third-order valence-corrected chi connectivity index (χ3v) is 3.42. The number of methoxy groups -OCH3 is 1. The maximum atomic E-state index is 5.24. The molecule has 3 heteroatoms. The summed E-state index contributed by atoms with van der Waals surface area (Å²) in [5.74, 6) is 0.950. The molecule has 1 aromatic rings. The summed E-state index contributed by atoms with van der Waals surface area (Å²) in [5.41, 5.74) is 1.34. The highest BCUT2D eigenvalue weighted by Crippen LogP contribution is 2.18. The minimum atomic E-state index is 0.816. The molecule has 100 valence electrons. The summed E-state index contributed by atoms with van der Waals surface area (Å²) in [6.45, 7) is 3.33. The van der Waals surface area contributed by atoms with Crippen molar-refractivity contribution in [3.63, 3.8) is 0 Å². The third-order valence-electron chi connectivity index (χ3n) is 3.42. The van der Waals surface area contributed by atoms with Crippen molar-refractivity contribution in [2.75, 3.05) is 33.8 Å². The molecule has 1 aromatic carbocycles. The van der Waals surface area contributed by atoms with E-state index in [1.54, 1.807) is 7.11 Å². The lowest BCUT2D eigenvalue weighted by Gasteiger charge is -2.17. The highest BCUT2D eigenvalue weighted by atomic mass is 16.5. The summed E-state index contributed by atoms with van der Waals surface area (Å²) < 4.78 is 5.24. The number of likely N-dealkylation sites (N-methyl/N-ethyl adjacent to an activating group) is 1. The monoisotopic (exact) mass is 248 g/mol. The van der Waals surface area contributed by atoms with E-state index in [0.29, 0.717) is 0 Å². The lowest BCUT2D eigenvalue weighted by atomic mass is 10.1. The van der Waals surface area contributed by atoms with Crippen molar-refractivity contribution >= 4 is 0 Å². The highest BCUT2D eigenvalue weighted by Gasteiger charge is 2.19. The molecule has 3 nitrogen and oxygen atoms in total. The second-order valence-corrected chi connectivity index (χ2v) is 5.13. The van der Waals surface area contributed by atoms with Crippen LogP contribution in [-0.4, -0.2) is 44.7 Å². The first-order valence-corrected chi connectivity index (χ1v) is 6.83. The topological polar surface area (TPSA) is 24.5 Å². The van der Waals surface area contributed by atoms with Crippen LogP contribution in [0.1, 0.15) is 18.4 Å². The molecule has 0 amide bonds. The zero-order valence-corrected chi connectivity index (χ0v) is 11.5. The molecule has 1 N–H and O–H groups in total. The maximum absolute atomic E-state index is 5.24. The van der Waals surface area contributed by atoms with Crippen LogP contribution in [0.3, 0.4) is 0 Å². The van der Waals surface area contributed by atoms with Gasteiger partial charge in [0.2, 0.25) is 0 Å². The summed E-state index contributed by atoms with van der Waals surface area (Å²) in [7, 11) is 3.91. The van der Waals surface area contributed by atoms with Crippen molar-refractivity contribution < 1.29 is 4.74 Å². The molecule has 1 aliphatic rings. The van der Waals surface area contributed by atoms with Gasteiger partial charge in [0.15, 0.2) is 0 Å². The summed E-state index contributed by atoms with van der Waals surface area (Å²) in [6.07, 6.45) is 3.82. The Hall–Kier alpha value is -1.06. The zero-order valence-electron chi connectivity index (χ0n) is 11.5. The molecule has 0 aromatic heterocycles. The third kappa shape index (κ3) is 4.67. The number of nitrogens with zero attached hydrogens (tertiary/aromatic N) is 1. The fraction of sp³-hybridized carbons (Fsp3) is 0.600. The number of benzene rings is 1. The van der Waals surface area contributed by atoms with Gasteiger partial charge in [0.05, 0.1) is 7.11 Å². The van der Waals surface area contributed by atoms with Gasteiger partial charge in [0, 0.05) is 25.7 Å². The first-order chi connectivity index (χ1) is 8.78. The van der Waals surface area contributed by atoms with Gasteiger partial charge in [0.1, 0.15) is 5.75 Å². The van der Waals surface area contributed by atoms with E-state index in [-0.39, 0.29) is 0 Å². The van der Waals surface area contributed by atoms with Gasteiger partial charge in [0.25, 0.3) is 0 Å². The first kappa shape index (κ1) is 13.4. The van der Waals surface area contributed by atoms with Gasteiger partial charge in [-0.15, -0.1) is 0 Å². The van der Waals surface area contributed by atoms with E-state index >= 15 is 0 Å². The van der Waals surface area contributed by atoms with Gasteiger partial charge < -0.3 is 15.0 Å². The number of nitrogens with one attached hydrogen (secondary N) is 1. The van der Waals surface area contributed by atoms with Crippen molar-refractivity contribution in [1.29, 1.82) is 0 Å². The minimum Gasteiger partial charge on any atom is -0.497 e. The Labute approximate surface area is 110 Å². The quantitative estimate of drug-likeness (QED) is 0.760. The van der Waals surface area contributed by atoms with Gasteiger partial charge in [-0.2, -0.15) is 0 Å². The number of ether oxygens (including phenoxy) is 1. The van der Waals surface area contributed by atoms with Crippen LogP contribution in [0.15, 0.2) is 24.3 Å². The number of rotatable bonds is 8. The normalized spacial score (nSPS) is 15.1. The molecule has 0 atom stereocenters. The van der Waals surface area contributed by atoms with E-state index in [1.807, 2.05) is 6.07 Å². The standard InChI is InChI=1S/C15H24N2O/c1-17(11-9-16-14-6-7-14)10-8-13-4-3-5-15(12-13)18-2/h3-5,12,14,16H,6-11H2,1-2H3. The maximum Gasteiger partial charge on any atom is 0.119 e. The molecule has 0 aliphatic heterocycles. The van der Waals surface area contributed by atoms with Gasteiger partial charge in [-0.25, -0.2) is 0 Å². The minimum absolute atomic E-state index is 0.816. The van der Waals surface area contributed by atoms with Crippen LogP contribution < -0.4 is 10.1 Å². The van der Waals surface area contributed by atoms with Crippen LogP contribution in [0, 0.1) is 0 Å². The lowest BCUT2D eigenvalue weighted by Crippen LogP contribution is -2.31. The molecule has 0 bridgehead atoms. The van der Waals surface area contributed by atoms with Crippen LogP contribution >= 0.6 is 0 Å². The highest BCUT2D eigenvalue weighted by molar-refractivity contribution is 5.28. The molecule has 1 saturated carbocycles. The predicted octanol–water partition coefficient (Wildman–Crippen LogP) is 1.92. The van der Waals surface area contributed by atoms with Crippen molar-refractivity contribution in [3.05, 3.63) is 29.8 Å². The Bertz CT molecular complexity index is 363. The van der Waals surface area contributed by atoms with Crippen LogP contribution in [-0.2, 0) is 6.42 Å². The van der Waals surface area contributed by atoms with E-state index < -0.39 is 0 Å². The molecule has 1 aliphatic carbocycles. The Balaban J connectivity index is 1.65. The Morgan fingerprint density at radius 3 is 2.89 bits per heavy atom. The largest absolute Gasteiger partial charge is 0.497 e.